The van der Waals surface area contributed by atoms with E-state index < -0.39 is 26.6 Å². The number of fused-ring (bicyclic) bond motifs is 1. The third-order valence-electron chi connectivity index (χ3n) is 13.9. The molecule has 1 fully saturated rings. The normalized spacial score (nSPS) is 15.4. The van der Waals surface area contributed by atoms with E-state index in [-0.39, 0.29) is 47.4 Å². The van der Waals surface area contributed by atoms with E-state index in [1.54, 1.807) is 31.4 Å². The lowest BCUT2D eigenvalue weighted by molar-refractivity contribution is -0.116. The lowest BCUT2D eigenvalue weighted by Crippen LogP contribution is -2.46. The molecule has 14 nitrogen and oxygen atoms in total. The van der Waals surface area contributed by atoms with Crippen molar-refractivity contribution in [2.75, 3.05) is 23.9 Å². The number of anilines is 2. The minimum atomic E-state index is -2.32. The number of alkyl carbamates (subject to hydrolysis) is 1. The van der Waals surface area contributed by atoms with Crippen molar-refractivity contribution >= 4 is 60.3 Å². The van der Waals surface area contributed by atoms with Gasteiger partial charge in [0.2, 0.25) is 11.5 Å². The largest absolute Gasteiger partial charge is 0.506 e. The number of carbonyl (C=O) groups excluding carboxylic acids is 2. The topological polar surface area (TPSA) is 192 Å². The van der Waals surface area contributed by atoms with E-state index in [2.05, 4.69) is 54.8 Å². The van der Waals surface area contributed by atoms with Crippen molar-refractivity contribution in [1.82, 2.24) is 15.6 Å². The number of ether oxygens (including phenoxy) is 2. The van der Waals surface area contributed by atoms with Gasteiger partial charge in [-0.1, -0.05) is 111 Å². The summed E-state index contributed by atoms with van der Waals surface area (Å²) in [5.41, 5.74) is 6.08. The van der Waals surface area contributed by atoms with Crippen LogP contribution in [0.1, 0.15) is 87.7 Å². The molecular weight excluding hydrogens is 950 g/mol. The number of rotatable bonds is 19. The molecule has 16 heteroatoms. The van der Waals surface area contributed by atoms with Crippen LogP contribution in [0.2, 0.25) is 23.2 Å². The van der Waals surface area contributed by atoms with Crippen molar-refractivity contribution in [3.05, 3.63) is 153 Å². The zero-order valence-electron chi connectivity index (χ0n) is 41.9. The number of aryl methyl sites for hydroxylation is 1. The number of phenols is 1. The highest BCUT2D eigenvalue weighted by atomic mass is 35.5. The van der Waals surface area contributed by atoms with Crippen LogP contribution in [0.5, 0.6) is 11.5 Å². The second-order valence-corrected chi connectivity index (χ2v) is 25.1. The highest BCUT2D eigenvalue weighted by Gasteiger charge is 2.40. The number of benzene rings is 5. The standard InChI is InChI=1S/C56H66ClN5O9Si/c1-56(2,3)72(5,6)71-50(43-26-28-48(63)53-44(43)27-29-52(65)61-53)34-58-33-39-31-45(57)46(32-49(39)69-4)60-51(64)19-13-16-36-20-25-42(38-17-11-8-12-18-38)47(30-36)62(55(67)68)41-23-21-40(22-24-41)59-54(66)70-35-37-14-9-7-10-15-37/h7-12,14-15,17-18,20,25-32,40-41,50,58,63H,13,16,19,21-24,33-35H2,1-6H3,(H,59,66)(H,60,64)(H,61,65)(H,67,68)/t40?,41?,50-/m0/s1. The molecule has 1 aliphatic carbocycles. The van der Waals surface area contributed by atoms with Gasteiger partial charge in [0, 0.05) is 60.2 Å². The van der Waals surface area contributed by atoms with Crippen LogP contribution in [0.25, 0.3) is 22.0 Å². The van der Waals surface area contributed by atoms with Gasteiger partial charge in [0.05, 0.1) is 35.1 Å². The van der Waals surface area contributed by atoms with Gasteiger partial charge in [-0.15, -0.1) is 0 Å². The number of aromatic hydroxyl groups is 1. The Kier molecular flexibility index (Phi) is 17.5. The number of hydrogen-bond donors (Lipinski definition) is 6. The zero-order chi connectivity index (χ0) is 51.6. The number of pyridine rings is 1. The summed E-state index contributed by atoms with van der Waals surface area (Å²) in [5, 5.41) is 31.7. The molecule has 1 heterocycles. The first-order valence-corrected chi connectivity index (χ1v) is 27.8. The Balaban J connectivity index is 0.982. The third kappa shape index (κ3) is 13.4. The van der Waals surface area contributed by atoms with Crippen LogP contribution in [0.4, 0.5) is 21.0 Å². The van der Waals surface area contributed by atoms with Crippen molar-refractivity contribution in [3.63, 3.8) is 0 Å². The molecule has 5 aromatic carbocycles. The minimum Gasteiger partial charge on any atom is -0.506 e. The predicted octanol–water partition coefficient (Wildman–Crippen LogP) is 12.1. The Hall–Kier alpha value is -6.65. The summed E-state index contributed by atoms with van der Waals surface area (Å²) in [7, 11) is -0.757. The van der Waals surface area contributed by atoms with Crippen LogP contribution in [-0.4, -0.2) is 67.3 Å². The lowest BCUT2D eigenvalue weighted by Gasteiger charge is -2.39. The van der Waals surface area contributed by atoms with Gasteiger partial charge < -0.3 is 45.0 Å². The molecule has 72 heavy (non-hydrogen) atoms. The molecule has 0 saturated heterocycles. The van der Waals surface area contributed by atoms with Crippen LogP contribution >= 0.6 is 11.6 Å². The fourth-order valence-electron chi connectivity index (χ4n) is 8.97. The van der Waals surface area contributed by atoms with Crippen molar-refractivity contribution in [3.8, 4) is 22.6 Å². The maximum absolute atomic E-state index is 13.5. The summed E-state index contributed by atoms with van der Waals surface area (Å²) < 4.78 is 18.2. The second kappa shape index (κ2) is 23.7. The molecule has 1 aliphatic rings. The molecule has 1 atom stereocenters. The molecule has 0 unspecified atom stereocenters. The Bertz CT molecular complexity index is 2900. The van der Waals surface area contributed by atoms with Gasteiger partial charge >= 0.3 is 12.2 Å². The highest BCUT2D eigenvalue weighted by Crippen LogP contribution is 2.42. The predicted molar refractivity (Wildman–Crippen MR) is 287 cm³/mol. The van der Waals surface area contributed by atoms with Gasteiger partial charge in [0.1, 0.15) is 18.1 Å². The van der Waals surface area contributed by atoms with Gasteiger partial charge in [0.25, 0.3) is 0 Å². The van der Waals surface area contributed by atoms with E-state index in [0.29, 0.717) is 84.7 Å². The van der Waals surface area contributed by atoms with E-state index in [4.69, 9.17) is 25.5 Å². The van der Waals surface area contributed by atoms with E-state index in [1.165, 1.54) is 11.0 Å². The number of aromatic nitrogens is 1. The first kappa shape index (κ1) is 53.2. The summed E-state index contributed by atoms with van der Waals surface area (Å²) in [4.78, 5) is 55.7. The summed E-state index contributed by atoms with van der Waals surface area (Å²) in [6, 6.07) is 34.6. The number of halogens is 1. The average molecular weight is 1020 g/mol. The van der Waals surface area contributed by atoms with Gasteiger partial charge in [-0.05, 0) is 103 Å². The number of nitrogens with one attached hydrogen (secondary N) is 4. The van der Waals surface area contributed by atoms with Gasteiger partial charge in [-0.2, -0.15) is 0 Å². The van der Waals surface area contributed by atoms with Crippen LogP contribution in [0.3, 0.4) is 0 Å². The van der Waals surface area contributed by atoms with E-state index in [9.17, 15) is 29.4 Å². The number of carbonyl (C=O) groups is 3. The van der Waals surface area contributed by atoms with Crippen molar-refractivity contribution < 1.29 is 38.5 Å². The molecule has 380 valence electrons. The molecule has 6 N–H and O–H groups in total. The molecule has 7 rings (SSSR count). The van der Waals surface area contributed by atoms with E-state index >= 15 is 0 Å². The fourth-order valence-corrected chi connectivity index (χ4v) is 10.5. The summed E-state index contributed by atoms with van der Waals surface area (Å²) in [6.45, 7) is 11.8. The van der Waals surface area contributed by atoms with Crippen LogP contribution in [0, 0.1) is 0 Å². The molecule has 1 saturated carbocycles. The Labute approximate surface area is 427 Å². The smallest absolute Gasteiger partial charge is 0.412 e. The fraction of sp³-hybridized carbons (Fsp3) is 0.357. The highest BCUT2D eigenvalue weighted by molar-refractivity contribution is 6.74. The molecule has 3 amide bonds. The average Bonchev–Trinajstić information content (AvgIpc) is 3.35. The second-order valence-electron chi connectivity index (χ2n) is 19.9. The lowest BCUT2D eigenvalue weighted by atomic mass is 9.89. The quantitative estimate of drug-likeness (QED) is 0.0426. The monoisotopic (exact) mass is 1020 g/mol. The third-order valence-corrected chi connectivity index (χ3v) is 18.7. The van der Waals surface area contributed by atoms with Gasteiger partial charge in [-0.3, -0.25) is 14.5 Å². The number of methoxy groups -OCH3 is 1. The van der Waals surface area contributed by atoms with Crippen molar-refractivity contribution in [2.45, 2.75) is 115 Å². The molecule has 0 radical (unpaired) electrons. The summed E-state index contributed by atoms with van der Waals surface area (Å²) in [5.74, 6) is 0.267. The number of amides is 3. The molecule has 0 bridgehead atoms. The number of aromatic amines is 1. The number of carboxylic acid groups (broad SMARTS) is 1. The Morgan fingerprint density at radius 2 is 1.60 bits per heavy atom. The maximum atomic E-state index is 13.5. The molecule has 1 aromatic heterocycles. The Morgan fingerprint density at radius 3 is 2.28 bits per heavy atom. The molecule has 6 aromatic rings. The molecular formula is C56H66ClN5O9Si. The number of H-pyrrole nitrogens is 1. The Morgan fingerprint density at radius 1 is 0.889 bits per heavy atom. The van der Waals surface area contributed by atoms with E-state index in [1.807, 2.05) is 84.9 Å². The summed E-state index contributed by atoms with van der Waals surface area (Å²) >= 11 is 6.82. The zero-order valence-corrected chi connectivity index (χ0v) is 43.6. The first-order valence-electron chi connectivity index (χ1n) is 24.5. The number of hydrogen-bond acceptors (Lipinski definition) is 9. The number of phenolic OH excluding ortho intramolecular Hbond substituents is 1. The van der Waals surface area contributed by atoms with Gasteiger partial charge in [-0.25, -0.2) is 9.59 Å². The van der Waals surface area contributed by atoms with Crippen molar-refractivity contribution in [2.24, 2.45) is 0 Å². The van der Waals surface area contributed by atoms with Crippen molar-refractivity contribution in [1.29, 1.82) is 0 Å². The molecule has 0 aliphatic heterocycles. The van der Waals surface area contributed by atoms with E-state index in [0.717, 1.165) is 33.4 Å². The first-order chi connectivity index (χ1) is 34.4. The van der Waals surface area contributed by atoms with Gasteiger partial charge in [0.15, 0.2) is 8.32 Å². The van der Waals surface area contributed by atoms with Crippen LogP contribution < -0.4 is 31.1 Å². The summed E-state index contributed by atoms with van der Waals surface area (Å²) in [6.07, 6.45) is 1.50. The number of nitrogens with zero attached hydrogens (tertiary/aromatic N) is 1. The van der Waals surface area contributed by atoms with Crippen LogP contribution in [0.15, 0.2) is 120 Å². The maximum Gasteiger partial charge on any atom is 0.412 e. The van der Waals surface area contributed by atoms with Crippen LogP contribution in [-0.2, 0) is 33.5 Å². The molecule has 0 spiro atoms. The minimum absolute atomic E-state index is 0.0222. The SMILES string of the molecule is COc1cc(NC(=O)CCCc2ccc(-c3ccccc3)c(N(C(=O)O)C3CCC(NC(=O)OCc4ccccc4)CC3)c2)c(Cl)cc1CNC[C@H](O[Si](C)(C)C(C)(C)C)c1ccc(O)c2[nH]c(=O)ccc12.